The van der Waals surface area contributed by atoms with E-state index in [4.69, 9.17) is 0 Å². The van der Waals surface area contributed by atoms with Crippen molar-refractivity contribution in [2.75, 3.05) is 18.0 Å². The van der Waals surface area contributed by atoms with Crippen LogP contribution >= 0.6 is 15.9 Å². The zero-order valence-electron chi connectivity index (χ0n) is 9.63. The van der Waals surface area contributed by atoms with Crippen LogP contribution < -0.4 is 4.90 Å². The fourth-order valence-corrected chi connectivity index (χ4v) is 2.52. The molecule has 1 aromatic carbocycles. The number of halogens is 1. The molecule has 2 rings (SSSR count). The number of rotatable bonds is 2. The number of hydrogen-bond donors (Lipinski definition) is 0. The van der Waals surface area contributed by atoms with Gasteiger partial charge in [-0.05, 0) is 46.3 Å². The van der Waals surface area contributed by atoms with Crippen LogP contribution in [0.25, 0.3) is 0 Å². The molecular formula is C13H18BrN. The normalized spacial score (nSPS) is 17.0. The Bertz CT molecular complexity index is 354. The van der Waals surface area contributed by atoms with Crippen molar-refractivity contribution in [1.82, 2.24) is 0 Å². The highest BCUT2D eigenvalue weighted by Gasteiger charge is 2.30. The van der Waals surface area contributed by atoms with Gasteiger partial charge in [0.05, 0.1) is 5.69 Å². The van der Waals surface area contributed by atoms with Crippen molar-refractivity contribution in [3.63, 3.8) is 0 Å². The van der Waals surface area contributed by atoms with Gasteiger partial charge >= 0.3 is 0 Å². The van der Waals surface area contributed by atoms with Gasteiger partial charge in [0.15, 0.2) is 0 Å². The van der Waals surface area contributed by atoms with E-state index in [1.54, 1.807) is 0 Å². The molecule has 1 fully saturated rings. The molecule has 82 valence electrons. The first-order chi connectivity index (χ1) is 7.09. The summed E-state index contributed by atoms with van der Waals surface area (Å²) in [6.45, 7) is 9.19. The van der Waals surface area contributed by atoms with Crippen molar-refractivity contribution in [1.29, 1.82) is 0 Å². The van der Waals surface area contributed by atoms with Gasteiger partial charge in [0.1, 0.15) is 0 Å². The molecule has 1 aliphatic heterocycles. The molecule has 0 N–H and O–H groups in total. The van der Waals surface area contributed by atoms with Gasteiger partial charge in [0.25, 0.3) is 0 Å². The molecule has 0 radical (unpaired) electrons. The van der Waals surface area contributed by atoms with Crippen molar-refractivity contribution >= 4 is 21.6 Å². The molecule has 0 saturated carbocycles. The second kappa shape index (κ2) is 4.17. The first kappa shape index (κ1) is 11.0. The topological polar surface area (TPSA) is 3.24 Å². The lowest BCUT2D eigenvalue weighted by Crippen LogP contribution is -2.49. The SMILES string of the molecule is Cc1cccc(N2CC(C(C)C)C2)c1Br. The Labute approximate surface area is 101 Å². The molecular weight excluding hydrogens is 250 g/mol. The van der Waals surface area contributed by atoms with E-state index in [9.17, 15) is 0 Å². The van der Waals surface area contributed by atoms with Crippen molar-refractivity contribution in [2.45, 2.75) is 20.8 Å². The molecule has 1 heterocycles. The van der Waals surface area contributed by atoms with Gasteiger partial charge in [-0.25, -0.2) is 0 Å². The average molecular weight is 268 g/mol. The largest absolute Gasteiger partial charge is 0.370 e. The fourth-order valence-electron chi connectivity index (χ4n) is 2.01. The summed E-state index contributed by atoms with van der Waals surface area (Å²) in [7, 11) is 0. The van der Waals surface area contributed by atoms with Crippen LogP contribution in [0, 0.1) is 18.8 Å². The summed E-state index contributed by atoms with van der Waals surface area (Å²) in [5.41, 5.74) is 2.67. The highest BCUT2D eigenvalue weighted by atomic mass is 79.9. The predicted molar refractivity (Wildman–Crippen MR) is 69.4 cm³/mol. The summed E-state index contributed by atoms with van der Waals surface area (Å²) in [4.78, 5) is 2.46. The van der Waals surface area contributed by atoms with Crippen LogP contribution in [-0.4, -0.2) is 13.1 Å². The lowest BCUT2D eigenvalue weighted by molar-refractivity contribution is 0.309. The first-order valence-electron chi connectivity index (χ1n) is 5.59. The second-order valence-electron chi connectivity index (χ2n) is 4.82. The van der Waals surface area contributed by atoms with E-state index in [2.05, 4.69) is 59.8 Å². The number of benzene rings is 1. The smallest absolute Gasteiger partial charge is 0.0513 e. The van der Waals surface area contributed by atoms with Crippen LogP contribution in [0.1, 0.15) is 19.4 Å². The molecule has 0 amide bonds. The van der Waals surface area contributed by atoms with Crippen molar-refractivity contribution in [3.8, 4) is 0 Å². The molecule has 0 atom stereocenters. The highest BCUT2D eigenvalue weighted by molar-refractivity contribution is 9.10. The maximum atomic E-state index is 3.67. The number of nitrogens with zero attached hydrogens (tertiary/aromatic N) is 1. The minimum atomic E-state index is 0.810. The molecule has 0 aliphatic carbocycles. The minimum absolute atomic E-state index is 0.810. The van der Waals surface area contributed by atoms with Crippen LogP contribution in [0.5, 0.6) is 0 Å². The Morgan fingerprint density at radius 3 is 2.60 bits per heavy atom. The van der Waals surface area contributed by atoms with E-state index >= 15 is 0 Å². The third kappa shape index (κ3) is 2.05. The summed E-state index contributed by atoms with van der Waals surface area (Å²) >= 11 is 3.67. The van der Waals surface area contributed by atoms with Gasteiger partial charge in [-0.1, -0.05) is 26.0 Å². The molecule has 15 heavy (non-hydrogen) atoms. The van der Waals surface area contributed by atoms with E-state index in [0.717, 1.165) is 11.8 Å². The van der Waals surface area contributed by atoms with Gasteiger partial charge in [-0.15, -0.1) is 0 Å². The summed E-state index contributed by atoms with van der Waals surface area (Å²) in [6.07, 6.45) is 0. The Kier molecular flexibility index (Phi) is 3.06. The fraction of sp³-hybridized carbons (Fsp3) is 0.538. The van der Waals surface area contributed by atoms with Crippen LogP contribution in [0.15, 0.2) is 22.7 Å². The molecule has 0 bridgehead atoms. The standard InChI is InChI=1S/C13H18BrN/c1-9(2)11-7-15(8-11)12-6-4-5-10(3)13(12)14/h4-6,9,11H,7-8H2,1-3H3. The van der Waals surface area contributed by atoms with Gasteiger partial charge < -0.3 is 4.90 Å². The Balaban J connectivity index is 2.10. The Morgan fingerprint density at radius 2 is 2.00 bits per heavy atom. The van der Waals surface area contributed by atoms with Crippen molar-refractivity contribution in [2.24, 2.45) is 11.8 Å². The summed E-state index contributed by atoms with van der Waals surface area (Å²) in [5, 5.41) is 0. The molecule has 0 spiro atoms. The predicted octanol–water partition coefficient (Wildman–Crippen LogP) is 3.85. The third-order valence-electron chi connectivity index (χ3n) is 3.36. The average Bonchev–Trinajstić information content (AvgIpc) is 2.09. The van der Waals surface area contributed by atoms with Gasteiger partial charge in [0.2, 0.25) is 0 Å². The Hall–Kier alpha value is -0.500. The molecule has 1 nitrogen and oxygen atoms in total. The van der Waals surface area contributed by atoms with E-state index in [1.165, 1.54) is 28.8 Å². The Morgan fingerprint density at radius 1 is 1.33 bits per heavy atom. The van der Waals surface area contributed by atoms with Crippen molar-refractivity contribution in [3.05, 3.63) is 28.2 Å². The minimum Gasteiger partial charge on any atom is -0.370 e. The lowest BCUT2D eigenvalue weighted by atomic mass is 9.88. The van der Waals surface area contributed by atoms with Crippen LogP contribution in [0.2, 0.25) is 0 Å². The van der Waals surface area contributed by atoms with Gasteiger partial charge in [0, 0.05) is 17.6 Å². The maximum Gasteiger partial charge on any atom is 0.0513 e. The van der Waals surface area contributed by atoms with E-state index in [0.29, 0.717) is 0 Å². The molecule has 1 aliphatic rings. The second-order valence-corrected chi connectivity index (χ2v) is 5.61. The van der Waals surface area contributed by atoms with Crippen LogP contribution in [-0.2, 0) is 0 Å². The first-order valence-corrected chi connectivity index (χ1v) is 6.39. The monoisotopic (exact) mass is 267 g/mol. The van der Waals surface area contributed by atoms with E-state index in [1.807, 2.05) is 0 Å². The third-order valence-corrected chi connectivity index (χ3v) is 4.40. The van der Waals surface area contributed by atoms with Gasteiger partial charge in [-0.2, -0.15) is 0 Å². The zero-order chi connectivity index (χ0) is 11.0. The molecule has 1 aromatic rings. The number of hydrogen-bond acceptors (Lipinski definition) is 1. The lowest BCUT2D eigenvalue weighted by Gasteiger charge is -2.43. The summed E-state index contributed by atoms with van der Waals surface area (Å²) in [6, 6.07) is 6.49. The maximum absolute atomic E-state index is 3.67. The van der Waals surface area contributed by atoms with Gasteiger partial charge in [-0.3, -0.25) is 0 Å². The number of anilines is 1. The zero-order valence-corrected chi connectivity index (χ0v) is 11.2. The quantitative estimate of drug-likeness (QED) is 0.787. The molecule has 0 aromatic heterocycles. The highest BCUT2D eigenvalue weighted by Crippen LogP contribution is 2.35. The van der Waals surface area contributed by atoms with E-state index in [-0.39, 0.29) is 0 Å². The summed E-state index contributed by atoms with van der Waals surface area (Å²) < 4.78 is 1.26. The van der Waals surface area contributed by atoms with Crippen LogP contribution in [0.3, 0.4) is 0 Å². The van der Waals surface area contributed by atoms with E-state index < -0.39 is 0 Å². The molecule has 2 heteroatoms. The molecule has 1 saturated heterocycles. The summed E-state index contributed by atoms with van der Waals surface area (Å²) in [5.74, 6) is 1.68. The molecule has 0 unspecified atom stereocenters. The number of aryl methyl sites for hydroxylation is 1. The van der Waals surface area contributed by atoms with Crippen LogP contribution in [0.4, 0.5) is 5.69 Å². The van der Waals surface area contributed by atoms with Crippen molar-refractivity contribution < 1.29 is 0 Å².